The quantitative estimate of drug-likeness (QED) is 0.756. The van der Waals surface area contributed by atoms with Crippen LogP contribution >= 0.6 is 11.6 Å². The van der Waals surface area contributed by atoms with E-state index < -0.39 is 5.60 Å². The second kappa shape index (κ2) is 6.08. The van der Waals surface area contributed by atoms with Crippen LogP contribution in [0.5, 0.6) is 0 Å². The van der Waals surface area contributed by atoms with E-state index in [0.717, 1.165) is 16.5 Å². The molecule has 0 radical (unpaired) electrons. The van der Waals surface area contributed by atoms with Crippen LogP contribution in [0.15, 0.2) is 53.3 Å². The van der Waals surface area contributed by atoms with Crippen molar-refractivity contribution in [2.24, 2.45) is 0 Å². The number of furan rings is 1. The fourth-order valence-corrected chi connectivity index (χ4v) is 2.72. The van der Waals surface area contributed by atoms with Gasteiger partial charge in [0.15, 0.2) is 0 Å². The molecule has 0 spiro atoms. The summed E-state index contributed by atoms with van der Waals surface area (Å²) in [6, 6.07) is 11.2. The van der Waals surface area contributed by atoms with Gasteiger partial charge in [-0.15, -0.1) is 0 Å². The molecule has 2 N–H and O–H groups in total. The van der Waals surface area contributed by atoms with Gasteiger partial charge in [0, 0.05) is 29.7 Å². The van der Waals surface area contributed by atoms with E-state index in [9.17, 15) is 5.11 Å². The molecule has 3 rings (SSSR count). The SMILES string of the molecule is CC(O)(CNCc1cc(Cl)cc2cccnc12)c1ccco1. The van der Waals surface area contributed by atoms with Crippen LogP contribution in [0.25, 0.3) is 10.9 Å². The van der Waals surface area contributed by atoms with Crippen LogP contribution in [-0.4, -0.2) is 16.6 Å². The zero-order valence-corrected chi connectivity index (χ0v) is 13.0. The first-order valence-corrected chi connectivity index (χ1v) is 7.44. The van der Waals surface area contributed by atoms with Gasteiger partial charge in [-0.2, -0.15) is 0 Å². The van der Waals surface area contributed by atoms with Crippen molar-refractivity contribution in [3.05, 3.63) is 65.2 Å². The molecule has 0 amide bonds. The highest BCUT2D eigenvalue weighted by Crippen LogP contribution is 2.23. The molecule has 2 aromatic heterocycles. The Morgan fingerprint density at radius 2 is 2.18 bits per heavy atom. The molecule has 4 nitrogen and oxygen atoms in total. The Balaban J connectivity index is 1.75. The summed E-state index contributed by atoms with van der Waals surface area (Å²) in [7, 11) is 0. The van der Waals surface area contributed by atoms with Crippen LogP contribution in [0.1, 0.15) is 18.2 Å². The molecule has 5 heteroatoms. The molecule has 0 aliphatic carbocycles. The molecule has 3 aromatic rings. The molecule has 2 heterocycles. The molecule has 114 valence electrons. The maximum absolute atomic E-state index is 10.4. The maximum atomic E-state index is 10.4. The van der Waals surface area contributed by atoms with Gasteiger partial charge in [-0.25, -0.2) is 0 Å². The van der Waals surface area contributed by atoms with E-state index in [1.807, 2.05) is 24.3 Å². The Morgan fingerprint density at radius 1 is 1.32 bits per heavy atom. The van der Waals surface area contributed by atoms with E-state index in [-0.39, 0.29) is 0 Å². The Bertz CT molecular complexity index is 769. The molecule has 1 atom stereocenters. The topological polar surface area (TPSA) is 58.3 Å². The Kier molecular flexibility index (Phi) is 4.16. The van der Waals surface area contributed by atoms with Gasteiger partial charge in [-0.1, -0.05) is 17.7 Å². The lowest BCUT2D eigenvalue weighted by atomic mass is 10.0. The lowest BCUT2D eigenvalue weighted by Gasteiger charge is -2.21. The lowest BCUT2D eigenvalue weighted by molar-refractivity contribution is 0.0340. The van der Waals surface area contributed by atoms with Crippen molar-refractivity contribution in [1.29, 1.82) is 0 Å². The number of aromatic nitrogens is 1. The summed E-state index contributed by atoms with van der Waals surface area (Å²) in [4.78, 5) is 4.41. The van der Waals surface area contributed by atoms with Gasteiger partial charge in [0.25, 0.3) is 0 Å². The molecule has 0 saturated carbocycles. The standard InChI is InChI=1S/C17H17ClN2O2/c1-17(21,15-5-3-7-22-15)11-19-10-13-9-14(18)8-12-4-2-6-20-16(12)13/h2-9,19,21H,10-11H2,1H3. The van der Waals surface area contributed by atoms with Crippen LogP contribution in [0.3, 0.4) is 0 Å². The summed E-state index contributed by atoms with van der Waals surface area (Å²) >= 11 is 6.15. The zero-order chi connectivity index (χ0) is 15.6. The molecule has 0 aliphatic heterocycles. The van der Waals surface area contributed by atoms with Gasteiger partial charge in [-0.05, 0) is 42.8 Å². The number of nitrogens with zero attached hydrogens (tertiary/aromatic N) is 1. The molecule has 0 bridgehead atoms. The Hall–Kier alpha value is -1.88. The third-order valence-electron chi connectivity index (χ3n) is 3.59. The van der Waals surface area contributed by atoms with Crippen LogP contribution in [0.2, 0.25) is 5.02 Å². The lowest BCUT2D eigenvalue weighted by Crippen LogP contribution is -2.34. The predicted molar refractivity (Wildman–Crippen MR) is 86.7 cm³/mol. The van der Waals surface area contributed by atoms with Crippen molar-refractivity contribution in [3.8, 4) is 0 Å². The second-order valence-corrected chi connectivity index (χ2v) is 5.93. The molecule has 1 aromatic carbocycles. The van der Waals surface area contributed by atoms with Crippen molar-refractivity contribution in [3.63, 3.8) is 0 Å². The highest BCUT2D eigenvalue weighted by Gasteiger charge is 2.25. The van der Waals surface area contributed by atoms with E-state index in [1.165, 1.54) is 0 Å². The smallest absolute Gasteiger partial charge is 0.136 e. The van der Waals surface area contributed by atoms with Gasteiger partial charge >= 0.3 is 0 Å². The molecule has 0 saturated heterocycles. The van der Waals surface area contributed by atoms with Crippen molar-refractivity contribution in [2.45, 2.75) is 19.1 Å². The average molecular weight is 317 g/mol. The van der Waals surface area contributed by atoms with E-state index >= 15 is 0 Å². The minimum absolute atomic E-state index is 0.362. The van der Waals surface area contributed by atoms with Crippen LogP contribution in [0, 0.1) is 0 Å². The third-order valence-corrected chi connectivity index (χ3v) is 3.80. The molecular formula is C17H17ClN2O2. The molecule has 0 aliphatic rings. The summed E-state index contributed by atoms with van der Waals surface area (Å²) in [5, 5.41) is 15.3. The first kappa shape index (κ1) is 15.0. The van der Waals surface area contributed by atoms with E-state index in [4.69, 9.17) is 16.0 Å². The third kappa shape index (κ3) is 3.14. The normalized spacial score (nSPS) is 14.1. The van der Waals surface area contributed by atoms with Gasteiger partial charge < -0.3 is 14.8 Å². The fraction of sp³-hybridized carbons (Fsp3) is 0.235. The number of nitrogens with one attached hydrogen (secondary N) is 1. The molecular weight excluding hydrogens is 300 g/mol. The summed E-state index contributed by atoms with van der Waals surface area (Å²) in [5.74, 6) is 0.536. The van der Waals surface area contributed by atoms with E-state index in [1.54, 1.807) is 31.5 Å². The first-order chi connectivity index (χ1) is 10.6. The summed E-state index contributed by atoms with van der Waals surface area (Å²) in [5.41, 5.74) is 0.848. The highest BCUT2D eigenvalue weighted by molar-refractivity contribution is 6.31. The number of benzene rings is 1. The van der Waals surface area contributed by atoms with E-state index in [2.05, 4.69) is 10.3 Å². The number of halogens is 1. The summed E-state index contributed by atoms with van der Waals surface area (Å²) in [6.07, 6.45) is 3.32. The van der Waals surface area contributed by atoms with Crippen molar-refractivity contribution >= 4 is 22.5 Å². The van der Waals surface area contributed by atoms with Gasteiger partial charge in [0.1, 0.15) is 11.4 Å². The predicted octanol–water partition coefficient (Wildman–Crippen LogP) is 3.48. The largest absolute Gasteiger partial charge is 0.466 e. The van der Waals surface area contributed by atoms with Crippen LogP contribution in [0.4, 0.5) is 0 Å². The molecule has 0 fully saturated rings. The minimum Gasteiger partial charge on any atom is -0.466 e. The number of aliphatic hydroxyl groups is 1. The second-order valence-electron chi connectivity index (χ2n) is 5.49. The minimum atomic E-state index is -1.06. The average Bonchev–Trinajstić information content (AvgIpc) is 3.02. The van der Waals surface area contributed by atoms with Crippen LogP contribution in [-0.2, 0) is 12.1 Å². The summed E-state index contributed by atoms with van der Waals surface area (Å²) in [6.45, 7) is 2.64. The fourth-order valence-electron chi connectivity index (χ4n) is 2.48. The van der Waals surface area contributed by atoms with Gasteiger partial charge in [0.2, 0.25) is 0 Å². The summed E-state index contributed by atoms with van der Waals surface area (Å²) < 4.78 is 5.27. The van der Waals surface area contributed by atoms with Crippen molar-refractivity contribution in [2.75, 3.05) is 6.54 Å². The monoisotopic (exact) mass is 316 g/mol. The van der Waals surface area contributed by atoms with Crippen molar-refractivity contribution in [1.82, 2.24) is 10.3 Å². The zero-order valence-electron chi connectivity index (χ0n) is 12.2. The van der Waals surface area contributed by atoms with Gasteiger partial charge in [-0.3, -0.25) is 4.98 Å². The van der Waals surface area contributed by atoms with Crippen molar-refractivity contribution < 1.29 is 9.52 Å². The van der Waals surface area contributed by atoms with Crippen LogP contribution < -0.4 is 5.32 Å². The molecule has 22 heavy (non-hydrogen) atoms. The number of fused-ring (bicyclic) bond motifs is 1. The first-order valence-electron chi connectivity index (χ1n) is 7.06. The Morgan fingerprint density at radius 3 is 2.95 bits per heavy atom. The maximum Gasteiger partial charge on any atom is 0.136 e. The Labute approximate surface area is 133 Å². The number of hydrogen-bond donors (Lipinski definition) is 2. The highest BCUT2D eigenvalue weighted by atomic mass is 35.5. The molecule has 1 unspecified atom stereocenters. The number of pyridine rings is 1. The number of hydrogen-bond acceptors (Lipinski definition) is 4. The van der Waals surface area contributed by atoms with Gasteiger partial charge in [0.05, 0.1) is 11.8 Å². The van der Waals surface area contributed by atoms with E-state index in [0.29, 0.717) is 23.9 Å². The number of rotatable bonds is 5.